The van der Waals surface area contributed by atoms with Gasteiger partial charge in [0.15, 0.2) is 0 Å². The van der Waals surface area contributed by atoms with Gasteiger partial charge >= 0.3 is 0 Å². The van der Waals surface area contributed by atoms with Gasteiger partial charge in [-0.1, -0.05) is 106 Å². The fraction of sp³-hybridized carbons (Fsp3) is 0.200. The molecule has 4 aromatic rings. The fourth-order valence-electron chi connectivity index (χ4n) is 3.67. The molecule has 0 spiro atoms. The molecular formula is C30H31N3OS. The van der Waals surface area contributed by atoms with Crippen LogP contribution >= 0.6 is 11.8 Å². The number of rotatable bonds is 8. The third-order valence-electron chi connectivity index (χ3n) is 5.58. The molecular weight excluding hydrogens is 450 g/mol. The molecule has 0 saturated heterocycles. The second-order valence-corrected chi connectivity index (χ2v) is 10.4. The molecule has 1 heterocycles. The molecule has 0 aliphatic rings. The van der Waals surface area contributed by atoms with Crippen molar-refractivity contribution in [1.29, 1.82) is 0 Å². The zero-order valence-corrected chi connectivity index (χ0v) is 21.3. The van der Waals surface area contributed by atoms with Crippen molar-refractivity contribution in [3.05, 3.63) is 108 Å². The molecule has 0 atom stereocenters. The minimum Gasteiger partial charge on any atom is -0.310 e. The van der Waals surface area contributed by atoms with Gasteiger partial charge in [0, 0.05) is 17.4 Å². The zero-order chi connectivity index (χ0) is 24.7. The molecule has 0 radical (unpaired) electrons. The number of amides is 1. The van der Waals surface area contributed by atoms with Gasteiger partial charge in [0.1, 0.15) is 5.82 Å². The average molecular weight is 482 g/mol. The Morgan fingerprint density at radius 3 is 2.26 bits per heavy atom. The quantitative estimate of drug-likeness (QED) is 0.270. The van der Waals surface area contributed by atoms with E-state index >= 15 is 0 Å². The SMILES string of the molecule is CC(C)(C)c1ccc(-c2cc(NC(=O)CSC/C=C/c3ccccc3)n(-c3ccccc3)n2)cc1. The Bertz CT molecular complexity index is 1270. The molecule has 0 aliphatic heterocycles. The molecule has 0 unspecified atom stereocenters. The standard InChI is InChI=1S/C30H31N3OS/c1-30(2,3)25-18-16-24(17-19-25)27-21-28(33(32-27)26-14-8-5-9-15-26)31-29(34)22-35-20-10-13-23-11-6-4-7-12-23/h4-19,21H,20,22H2,1-3H3,(H,31,34)/b13-10+. The van der Waals surface area contributed by atoms with Gasteiger partial charge in [0.2, 0.25) is 5.91 Å². The van der Waals surface area contributed by atoms with Gasteiger partial charge in [-0.3, -0.25) is 4.79 Å². The number of carbonyl (C=O) groups is 1. The highest BCUT2D eigenvalue weighted by atomic mass is 32.2. The summed E-state index contributed by atoms with van der Waals surface area (Å²) in [7, 11) is 0. The van der Waals surface area contributed by atoms with Gasteiger partial charge in [-0.05, 0) is 28.7 Å². The smallest absolute Gasteiger partial charge is 0.235 e. The first-order valence-corrected chi connectivity index (χ1v) is 12.9. The first kappa shape index (κ1) is 24.6. The van der Waals surface area contributed by atoms with Gasteiger partial charge in [-0.25, -0.2) is 4.68 Å². The predicted molar refractivity (Wildman–Crippen MR) is 149 cm³/mol. The highest BCUT2D eigenvalue weighted by molar-refractivity contribution is 8.00. The second kappa shape index (κ2) is 11.2. The molecule has 1 N–H and O–H groups in total. The first-order chi connectivity index (χ1) is 16.9. The Morgan fingerprint density at radius 2 is 1.60 bits per heavy atom. The van der Waals surface area contributed by atoms with E-state index in [1.165, 1.54) is 5.56 Å². The van der Waals surface area contributed by atoms with E-state index in [-0.39, 0.29) is 11.3 Å². The minimum atomic E-state index is -0.0465. The third kappa shape index (κ3) is 6.74. The normalized spacial score (nSPS) is 11.6. The summed E-state index contributed by atoms with van der Waals surface area (Å²) in [5.41, 5.74) is 5.27. The summed E-state index contributed by atoms with van der Waals surface area (Å²) in [4.78, 5) is 12.7. The van der Waals surface area contributed by atoms with Crippen molar-refractivity contribution in [2.75, 3.05) is 16.8 Å². The first-order valence-electron chi connectivity index (χ1n) is 11.8. The van der Waals surface area contributed by atoms with E-state index in [1.54, 1.807) is 16.4 Å². The van der Waals surface area contributed by atoms with Crippen LogP contribution in [0.15, 0.2) is 97.1 Å². The maximum atomic E-state index is 12.7. The number of thioether (sulfide) groups is 1. The highest BCUT2D eigenvalue weighted by Gasteiger charge is 2.16. The Labute approximate surface area is 212 Å². The Hall–Kier alpha value is -3.57. The van der Waals surface area contributed by atoms with E-state index in [1.807, 2.05) is 54.6 Å². The van der Waals surface area contributed by atoms with Crippen LogP contribution in [0.3, 0.4) is 0 Å². The molecule has 5 heteroatoms. The minimum absolute atomic E-state index is 0.0465. The van der Waals surface area contributed by atoms with Crippen molar-refractivity contribution in [1.82, 2.24) is 9.78 Å². The molecule has 0 aliphatic carbocycles. The van der Waals surface area contributed by atoms with Crippen molar-refractivity contribution in [2.45, 2.75) is 26.2 Å². The zero-order valence-electron chi connectivity index (χ0n) is 20.4. The fourth-order valence-corrected chi connectivity index (χ4v) is 4.27. The van der Waals surface area contributed by atoms with Crippen LogP contribution < -0.4 is 5.32 Å². The average Bonchev–Trinajstić information content (AvgIpc) is 3.28. The Morgan fingerprint density at radius 1 is 0.943 bits per heavy atom. The van der Waals surface area contributed by atoms with Gasteiger partial charge in [-0.2, -0.15) is 5.10 Å². The topological polar surface area (TPSA) is 46.9 Å². The maximum Gasteiger partial charge on any atom is 0.235 e. The largest absolute Gasteiger partial charge is 0.310 e. The van der Waals surface area contributed by atoms with E-state index in [0.29, 0.717) is 11.6 Å². The van der Waals surface area contributed by atoms with Crippen LogP contribution in [0.2, 0.25) is 0 Å². The molecule has 1 aromatic heterocycles. The van der Waals surface area contributed by atoms with Gasteiger partial charge in [0.25, 0.3) is 0 Å². The van der Waals surface area contributed by atoms with Crippen LogP contribution in [-0.4, -0.2) is 27.2 Å². The lowest BCUT2D eigenvalue weighted by atomic mass is 9.86. The summed E-state index contributed by atoms with van der Waals surface area (Å²) in [6, 6.07) is 30.5. The summed E-state index contributed by atoms with van der Waals surface area (Å²) < 4.78 is 1.80. The summed E-state index contributed by atoms with van der Waals surface area (Å²) in [5, 5.41) is 7.88. The van der Waals surface area contributed by atoms with Crippen LogP contribution in [-0.2, 0) is 10.2 Å². The number of para-hydroxylation sites is 1. The molecule has 178 valence electrons. The lowest BCUT2D eigenvalue weighted by Gasteiger charge is -2.18. The van der Waals surface area contributed by atoms with Crippen LogP contribution in [0.5, 0.6) is 0 Å². The number of benzene rings is 3. The van der Waals surface area contributed by atoms with Gasteiger partial charge < -0.3 is 5.32 Å². The van der Waals surface area contributed by atoms with E-state index in [4.69, 9.17) is 5.10 Å². The molecule has 4 rings (SSSR count). The molecule has 35 heavy (non-hydrogen) atoms. The van der Waals surface area contributed by atoms with E-state index in [2.05, 4.69) is 74.6 Å². The van der Waals surface area contributed by atoms with E-state index in [0.717, 1.165) is 28.3 Å². The number of hydrogen-bond donors (Lipinski definition) is 1. The molecule has 0 fully saturated rings. The number of nitrogens with one attached hydrogen (secondary N) is 1. The highest BCUT2D eigenvalue weighted by Crippen LogP contribution is 2.28. The molecule has 0 saturated carbocycles. The Kier molecular flexibility index (Phi) is 7.88. The lowest BCUT2D eigenvalue weighted by molar-refractivity contribution is -0.113. The van der Waals surface area contributed by atoms with Crippen LogP contribution in [0.1, 0.15) is 31.9 Å². The summed E-state index contributed by atoms with van der Waals surface area (Å²) in [6.45, 7) is 6.61. The summed E-state index contributed by atoms with van der Waals surface area (Å²) >= 11 is 1.58. The molecule has 3 aromatic carbocycles. The molecule has 4 nitrogen and oxygen atoms in total. The maximum absolute atomic E-state index is 12.7. The molecule has 1 amide bonds. The number of anilines is 1. The monoisotopic (exact) mass is 481 g/mol. The van der Waals surface area contributed by atoms with Crippen molar-refractivity contribution in [3.63, 3.8) is 0 Å². The van der Waals surface area contributed by atoms with Crippen LogP contribution in [0, 0.1) is 0 Å². The molecule has 0 bridgehead atoms. The number of nitrogens with zero attached hydrogens (tertiary/aromatic N) is 2. The van der Waals surface area contributed by atoms with Gasteiger partial charge in [0.05, 0.1) is 17.1 Å². The summed E-state index contributed by atoms with van der Waals surface area (Å²) in [5.74, 6) is 1.76. The van der Waals surface area contributed by atoms with E-state index < -0.39 is 0 Å². The van der Waals surface area contributed by atoms with Crippen molar-refractivity contribution in [2.24, 2.45) is 0 Å². The number of hydrogen-bond acceptors (Lipinski definition) is 3. The van der Waals surface area contributed by atoms with Crippen LogP contribution in [0.25, 0.3) is 23.0 Å². The van der Waals surface area contributed by atoms with Crippen molar-refractivity contribution >= 4 is 29.6 Å². The third-order valence-corrected chi connectivity index (χ3v) is 6.48. The van der Waals surface area contributed by atoms with Crippen molar-refractivity contribution in [3.8, 4) is 16.9 Å². The van der Waals surface area contributed by atoms with Crippen molar-refractivity contribution < 1.29 is 4.79 Å². The predicted octanol–water partition coefficient (Wildman–Crippen LogP) is 7.22. The summed E-state index contributed by atoms with van der Waals surface area (Å²) in [6.07, 6.45) is 4.16. The number of carbonyl (C=O) groups excluding carboxylic acids is 1. The lowest BCUT2D eigenvalue weighted by Crippen LogP contribution is -2.17. The second-order valence-electron chi connectivity index (χ2n) is 9.37. The Balaban J connectivity index is 1.46. The van der Waals surface area contributed by atoms with E-state index in [9.17, 15) is 4.79 Å². The van der Waals surface area contributed by atoms with Crippen LogP contribution in [0.4, 0.5) is 5.82 Å². The number of aromatic nitrogens is 2. The van der Waals surface area contributed by atoms with Gasteiger partial charge in [-0.15, -0.1) is 11.8 Å².